The molecular weight excluding hydrogens is 933 g/mol. The number of carbonyl (C=O) groups excluding carboxylic acids is 5. The molecule has 3 aromatic carbocycles. The van der Waals surface area contributed by atoms with Crippen LogP contribution in [0.4, 0.5) is 0 Å². The number of ether oxygens (including phenoxy) is 2. The molecule has 4 atom stereocenters. The van der Waals surface area contributed by atoms with E-state index in [1.54, 1.807) is 40.7 Å². The van der Waals surface area contributed by atoms with E-state index >= 15 is 0 Å². The smallest absolute Gasteiger partial charge is 0.325 e. The molecule has 3 amide bonds. The number of hydrazine groups is 1. The maximum absolute atomic E-state index is 14.8. The van der Waals surface area contributed by atoms with Gasteiger partial charge >= 0.3 is 11.9 Å². The van der Waals surface area contributed by atoms with Crippen molar-refractivity contribution < 1.29 is 37.9 Å². The van der Waals surface area contributed by atoms with E-state index in [1.165, 1.54) is 11.9 Å². The highest BCUT2D eigenvalue weighted by Gasteiger charge is 2.51. The maximum Gasteiger partial charge on any atom is 0.325 e. The molecule has 0 aliphatic carbocycles. The number of nitrogens with zero attached hydrogens (tertiary/aromatic N) is 2. The lowest BCUT2D eigenvalue weighted by Gasteiger charge is -2.44. The summed E-state index contributed by atoms with van der Waals surface area (Å²) in [7, 11) is -3.24. The summed E-state index contributed by atoms with van der Waals surface area (Å²) in [6.45, 7) is 16.0. The van der Waals surface area contributed by atoms with Crippen molar-refractivity contribution in [1.29, 1.82) is 0 Å². The summed E-state index contributed by atoms with van der Waals surface area (Å²) in [5.41, 5.74) is 3.96. The van der Waals surface area contributed by atoms with E-state index < -0.39 is 89.0 Å². The SMILES string of the molecule is CC(=O)O[C@H](C)c1ccc2ccc(C=CC(C)(C)C(=O)NC(C(=O)NC(CO[Si](c3ccccc3)(c3ccccc3)C(C)(C)C)C(=O)N3CCCC(C(=O)OCC(Cl)(Cl)Cl)N3)C(C)C)cc2n1. The molecule has 1 aliphatic heterocycles. The predicted octanol–water partition coefficient (Wildman–Crippen LogP) is 7.51. The summed E-state index contributed by atoms with van der Waals surface area (Å²) in [5, 5.41) is 9.59. The van der Waals surface area contributed by atoms with Crippen LogP contribution in [0.2, 0.25) is 5.04 Å². The van der Waals surface area contributed by atoms with Crippen LogP contribution < -0.4 is 26.4 Å². The molecule has 1 aromatic heterocycles. The number of fused-ring (bicyclic) bond motifs is 1. The number of halogens is 3. The van der Waals surface area contributed by atoms with Gasteiger partial charge in [-0.1, -0.05) is 160 Å². The second kappa shape index (κ2) is 22.5. The second-order valence-electron chi connectivity index (χ2n) is 18.8. The molecular formula is C50H62Cl3N5O8Si. The van der Waals surface area contributed by atoms with Crippen LogP contribution in [0.5, 0.6) is 0 Å². The number of hydrogen-bond acceptors (Lipinski definition) is 10. The molecule has 5 rings (SSSR count). The third kappa shape index (κ3) is 13.9. The summed E-state index contributed by atoms with van der Waals surface area (Å²) in [6.07, 6.45) is 3.83. The molecule has 3 unspecified atom stereocenters. The summed E-state index contributed by atoms with van der Waals surface area (Å²) in [5.74, 6) is -3.08. The third-order valence-electron chi connectivity index (χ3n) is 11.6. The standard InChI is InChI=1S/C50H62Cl3N5O8Si/c1-32(2)43(56-47(63)49(8,9)27-26-35-22-23-36-24-25-39(54-41(36)29-35)33(3)66-34(4)59)44(60)55-42(45(61)58-28-16-21-40(57-58)46(62)64-31-50(51,52)53)30-65-67(48(5,6)7,37-17-12-10-13-18-37)38-19-14-11-15-20-38/h10-15,17-20,22-27,29,32-33,40,42-43,57H,16,21,28,30-31H2,1-9H3,(H,55,60)(H,56,63)/t33-,40?,42?,43?/m1/s1. The fraction of sp³-hybridized carbons (Fsp3) is 0.440. The van der Waals surface area contributed by atoms with Crippen LogP contribution in [0.1, 0.15) is 92.5 Å². The molecule has 67 heavy (non-hydrogen) atoms. The quantitative estimate of drug-likeness (QED) is 0.0548. The Morgan fingerprint density at radius 2 is 1.49 bits per heavy atom. The molecule has 0 radical (unpaired) electrons. The van der Waals surface area contributed by atoms with E-state index in [2.05, 4.69) is 36.8 Å². The zero-order chi connectivity index (χ0) is 49.3. The van der Waals surface area contributed by atoms with Crippen LogP contribution in [0.3, 0.4) is 0 Å². The van der Waals surface area contributed by atoms with E-state index in [0.717, 1.165) is 21.3 Å². The Morgan fingerprint density at radius 1 is 0.881 bits per heavy atom. The highest BCUT2D eigenvalue weighted by Crippen LogP contribution is 2.37. The topological polar surface area (TPSA) is 165 Å². The molecule has 4 aromatic rings. The number of benzene rings is 3. The monoisotopic (exact) mass is 993 g/mol. The van der Waals surface area contributed by atoms with Crippen LogP contribution in [-0.4, -0.2) is 89.6 Å². The first-order valence-electron chi connectivity index (χ1n) is 22.4. The number of alkyl halides is 3. The van der Waals surface area contributed by atoms with Gasteiger partial charge in [0.25, 0.3) is 14.2 Å². The van der Waals surface area contributed by atoms with Crippen molar-refractivity contribution in [1.82, 2.24) is 26.1 Å². The van der Waals surface area contributed by atoms with E-state index in [4.69, 9.17) is 53.7 Å². The Kier molecular flexibility index (Phi) is 17.9. The van der Waals surface area contributed by atoms with Crippen molar-refractivity contribution in [3.8, 4) is 0 Å². The molecule has 1 aliphatic rings. The number of pyridine rings is 1. The van der Waals surface area contributed by atoms with Crippen molar-refractivity contribution in [2.24, 2.45) is 11.3 Å². The molecule has 360 valence electrons. The Labute approximate surface area is 409 Å². The Hall–Kier alpha value is -4.83. The van der Waals surface area contributed by atoms with Gasteiger partial charge in [0.05, 0.1) is 23.2 Å². The number of carbonyl (C=O) groups is 5. The highest BCUT2D eigenvalue weighted by atomic mass is 35.6. The lowest BCUT2D eigenvalue weighted by atomic mass is 9.89. The van der Waals surface area contributed by atoms with Gasteiger partial charge in [-0.05, 0) is 72.6 Å². The number of amides is 3. The second-order valence-corrected chi connectivity index (χ2v) is 25.6. The Balaban J connectivity index is 1.42. The molecule has 0 spiro atoms. The lowest BCUT2D eigenvalue weighted by Crippen LogP contribution is -2.69. The average molecular weight is 996 g/mol. The molecule has 1 saturated heterocycles. The van der Waals surface area contributed by atoms with Gasteiger partial charge in [0.1, 0.15) is 30.8 Å². The fourth-order valence-corrected chi connectivity index (χ4v) is 12.7. The van der Waals surface area contributed by atoms with E-state index in [-0.39, 0.29) is 13.2 Å². The fourth-order valence-electron chi connectivity index (χ4n) is 7.99. The molecule has 2 heterocycles. The van der Waals surface area contributed by atoms with Gasteiger partial charge in [0.2, 0.25) is 15.6 Å². The van der Waals surface area contributed by atoms with Crippen molar-refractivity contribution in [3.63, 3.8) is 0 Å². The summed E-state index contributed by atoms with van der Waals surface area (Å²) < 4.78 is 15.9. The van der Waals surface area contributed by atoms with Gasteiger partial charge in [0, 0.05) is 18.9 Å². The van der Waals surface area contributed by atoms with E-state index in [0.29, 0.717) is 24.1 Å². The summed E-state index contributed by atoms with van der Waals surface area (Å²) in [6, 6.07) is 26.0. The largest absolute Gasteiger partial charge is 0.460 e. The van der Waals surface area contributed by atoms with Crippen LogP contribution in [-0.2, 0) is 37.9 Å². The van der Waals surface area contributed by atoms with Gasteiger partial charge in [-0.15, -0.1) is 0 Å². The van der Waals surface area contributed by atoms with Crippen LogP contribution in [0, 0.1) is 11.3 Å². The van der Waals surface area contributed by atoms with Crippen LogP contribution >= 0.6 is 34.8 Å². The number of hydrogen-bond donors (Lipinski definition) is 3. The van der Waals surface area contributed by atoms with Crippen LogP contribution in [0.25, 0.3) is 17.0 Å². The van der Waals surface area contributed by atoms with Gasteiger partial charge in [-0.3, -0.25) is 29.0 Å². The summed E-state index contributed by atoms with van der Waals surface area (Å²) >= 11 is 17.5. The van der Waals surface area contributed by atoms with Gasteiger partial charge in [-0.2, -0.15) is 0 Å². The van der Waals surface area contributed by atoms with Crippen molar-refractivity contribution in [2.45, 2.75) is 108 Å². The van der Waals surface area contributed by atoms with Crippen molar-refractivity contribution >= 4 is 100 Å². The molecule has 17 heteroatoms. The molecule has 13 nitrogen and oxygen atoms in total. The van der Waals surface area contributed by atoms with Crippen LogP contribution in [0.15, 0.2) is 97.1 Å². The minimum atomic E-state index is -3.24. The maximum atomic E-state index is 14.8. The molecule has 1 fully saturated rings. The Bertz CT molecular complexity index is 2370. The number of esters is 2. The first-order chi connectivity index (χ1) is 31.4. The van der Waals surface area contributed by atoms with Gasteiger partial charge < -0.3 is 24.5 Å². The van der Waals surface area contributed by atoms with Crippen molar-refractivity contribution in [3.05, 3.63) is 108 Å². The van der Waals surface area contributed by atoms with Gasteiger partial charge in [-0.25, -0.2) is 10.4 Å². The van der Waals surface area contributed by atoms with E-state index in [9.17, 15) is 24.0 Å². The molecule has 0 bridgehead atoms. The highest BCUT2D eigenvalue weighted by molar-refractivity contribution is 6.99. The predicted molar refractivity (Wildman–Crippen MR) is 266 cm³/mol. The Morgan fingerprint density at radius 3 is 2.06 bits per heavy atom. The zero-order valence-electron chi connectivity index (χ0n) is 39.5. The summed E-state index contributed by atoms with van der Waals surface area (Å²) in [4.78, 5) is 72.8. The normalized spacial score (nSPS) is 16.3. The first-order valence-corrected chi connectivity index (χ1v) is 25.4. The van der Waals surface area contributed by atoms with E-state index in [1.807, 2.05) is 97.1 Å². The minimum Gasteiger partial charge on any atom is -0.460 e. The first kappa shape index (κ1) is 53.1. The molecule has 3 N–H and O–H groups in total. The average Bonchev–Trinajstić information content (AvgIpc) is 3.28. The van der Waals surface area contributed by atoms with Crippen molar-refractivity contribution in [2.75, 3.05) is 19.8 Å². The number of nitrogens with one attached hydrogen (secondary N) is 3. The van der Waals surface area contributed by atoms with Gasteiger partial charge in [0.15, 0.2) is 0 Å². The third-order valence-corrected chi connectivity index (χ3v) is 17.0. The number of aromatic nitrogens is 1. The number of rotatable bonds is 17. The lowest BCUT2D eigenvalue weighted by molar-refractivity contribution is -0.153. The molecule has 0 saturated carbocycles. The zero-order valence-corrected chi connectivity index (χ0v) is 42.8. The minimum absolute atomic E-state index is 0.214.